The summed E-state index contributed by atoms with van der Waals surface area (Å²) < 4.78 is 25.1. The van der Waals surface area contributed by atoms with Gasteiger partial charge in [0, 0.05) is 42.9 Å². The Hall–Kier alpha value is -5.32. The fourth-order valence-electron chi connectivity index (χ4n) is 9.49. The summed E-state index contributed by atoms with van der Waals surface area (Å²) in [4.78, 5) is 34.2. The van der Waals surface area contributed by atoms with E-state index in [-0.39, 0.29) is 66.1 Å². The number of methoxy groups -OCH3 is 1. The molecule has 2 bridgehead atoms. The van der Waals surface area contributed by atoms with Gasteiger partial charge in [0.05, 0.1) is 55.2 Å². The van der Waals surface area contributed by atoms with Gasteiger partial charge in [-0.05, 0) is 78.5 Å². The molecule has 3 aromatic rings. The fourth-order valence-corrected chi connectivity index (χ4v) is 9.49. The largest absolute Gasteiger partial charge is 0.506 e. The molecule has 0 spiro atoms. The van der Waals surface area contributed by atoms with E-state index in [0.717, 1.165) is 42.4 Å². The van der Waals surface area contributed by atoms with Gasteiger partial charge >= 0.3 is 0 Å². The van der Waals surface area contributed by atoms with Gasteiger partial charge in [-0.15, -0.1) is 0 Å². The number of rotatable bonds is 10. The van der Waals surface area contributed by atoms with Crippen molar-refractivity contribution in [3.05, 3.63) is 111 Å². The van der Waals surface area contributed by atoms with Crippen molar-refractivity contribution in [2.45, 2.75) is 87.3 Å². The number of aliphatic imine (C=N–C) groups is 1. The predicted octanol–water partition coefficient (Wildman–Crippen LogP) is 4.19. The molecule has 61 heavy (non-hydrogen) atoms. The number of phenolic OH excluding ortho intramolecular Hbond substituents is 1. The number of aliphatic hydroxyl groups is 5. The van der Waals surface area contributed by atoms with Crippen LogP contribution in [0.25, 0.3) is 16.8 Å². The fraction of sp³-hybridized carbons (Fsp3) is 0.404. The van der Waals surface area contributed by atoms with E-state index in [1.807, 2.05) is 36.8 Å². The zero-order valence-electron chi connectivity index (χ0n) is 33.7. The third-order valence-corrected chi connectivity index (χ3v) is 12.8. The number of carbonyl (C=O) groups is 2. The molecule has 1 saturated heterocycles. The number of carbonyl (C=O) groups excluding carboxylic acids is 2. The van der Waals surface area contributed by atoms with Crippen LogP contribution in [0.1, 0.15) is 81.8 Å². The minimum absolute atomic E-state index is 0.0403. The normalized spacial score (nSPS) is 27.2. The number of hydrogen-bond acceptors (Lipinski definition) is 13. The van der Waals surface area contributed by atoms with Gasteiger partial charge in [0.1, 0.15) is 47.2 Å². The quantitative estimate of drug-likeness (QED) is 0.126. The Kier molecular flexibility index (Phi) is 11.1. The molecule has 14 nitrogen and oxygen atoms in total. The second kappa shape index (κ2) is 16.5. The zero-order valence-corrected chi connectivity index (χ0v) is 33.7. The van der Waals surface area contributed by atoms with Gasteiger partial charge < -0.3 is 54.5 Å². The van der Waals surface area contributed by atoms with Gasteiger partial charge in [0.15, 0.2) is 17.1 Å². The summed E-state index contributed by atoms with van der Waals surface area (Å²) in [5, 5.41) is 67.6. The molecule has 14 heteroatoms. The van der Waals surface area contributed by atoms with Crippen molar-refractivity contribution in [3.8, 4) is 17.2 Å². The maximum atomic E-state index is 14.6. The second-order valence-corrected chi connectivity index (χ2v) is 16.5. The van der Waals surface area contributed by atoms with Gasteiger partial charge in [-0.1, -0.05) is 31.0 Å². The molecular formula is C47H49N2O12+. The standard InChI is InChI=1S/C47H48N2O12/c1-58-37-19-28-18-31(26-8-2-3-9-26)40(35(52)22-49-21-27-10-4-5-11-29(27)45(49)56)42(54)39(28)43-30(37)13-15-36(33-20-48-34-14-12-25(7-6-16-50)17-32(33)34)59-23-38-41(53)44(55)47(57,24-51)46(60-38)61-43/h4-5,10-15,17-20,26,36,38,41,44,46,50-51,53,55,57H,2-3,6-9,16,21-24H2,1H3/p+1. The maximum absolute atomic E-state index is 14.6. The van der Waals surface area contributed by atoms with Crippen LogP contribution in [0.3, 0.4) is 0 Å². The van der Waals surface area contributed by atoms with Gasteiger partial charge in [-0.3, -0.25) is 9.59 Å². The molecular weight excluding hydrogens is 785 g/mol. The second-order valence-electron chi connectivity index (χ2n) is 16.5. The number of amides is 1. The van der Waals surface area contributed by atoms with Gasteiger partial charge in [0.25, 0.3) is 5.91 Å². The van der Waals surface area contributed by atoms with Crippen LogP contribution in [0.15, 0.2) is 82.0 Å². The van der Waals surface area contributed by atoms with E-state index in [1.165, 1.54) is 12.0 Å². The minimum atomic E-state index is -2.57. The van der Waals surface area contributed by atoms with E-state index < -0.39 is 54.4 Å². The van der Waals surface area contributed by atoms with E-state index in [0.29, 0.717) is 40.6 Å². The Morgan fingerprint density at radius 1 is 1.11 bits per heavy atom. The van der Waals surface area contributed by atoms with Crippen LogP contribution < -0.4 is 9.47 Å². The molecule has 6 N–H and O–H groups in total. The first-order chi connectivity index (χ1) is 29.5. The molecule has 0 radical (unpaired) electrons. The monoisotopic (exact) mass is 833 g/mol. The van der Waals surface area contributed by atoms with Crippen molar-refractivity contribution in [3.63, 3.8) is 0 Å². The van der Waals surface area contributed by atoms with Crippen molar-refractivity contribution in [2.24, 2.45) is 4.99 Å². The van der Waals surface area contributed by atoms with Crippen molar-refractivity contribution < 1.29 is 59.2 Å². The Bertz CT molecular complexity index is 2430. The lowest BCUT2D eigenvalue weighted by molar-refractivity contribution is -0.329. The molecule has 4 heterocycles. The molecule has 4 aliphatic heterocycles. The lowest BCUT2D eigenvalue weighted by Gasteiger charge is -2.47. The van der Waals surface area contributed by atoms with E-state index in [2.05, 4.69) is 4.99 Å². The van der Waals surface area contributed by atoms with Crippen molar-refractivity contribution in [1.82, 2.24) is 4.90 Å². The minimum Gasteiger partial charge on any atom is -0.506 e. The van der Waals surface area contributed by atoms with Gasteiger partial charge in [0.2, 0.25) is 6.29 Å². The SMILES string of the molecule is COc1cc2cc(C3CCCC3)c(C(=O)CN3Cc4ccccc4C3=O)c(O)c2c2c1C=CC(C1=C3[CH+]C(CCCO)=CC=C3N=C1)OCC1OC(O2)C(O)(CO)C(O)C1O. The van der Waals surface area contributed by atoms with E-state index in [4.69, 9.17) is 18.9 Å². The van der Waals surface area contributed by atoms with Crippen LogP contribution in [0.5, 0.6) is 17.2 Å². The number of aromatic hydroxyl groups is 1. The number of aliphatic hydroxyl groups excluding tert-OH is 4. The van der Waals surface area contributed by atoms with Gasteiger partial charge in [-0.2, -0.15) is 4.99 Å². The van der Waals surface area contributed by atoms with Crippen LogP contribution in [0, 0.1) is 6.42 Å². The number of Topliss-reactive ketones (excluding diaryl/α,β-unsaturated/α-hetero) is 1. The average molecular weight is 834 g/mol. The van der Waals surface area contributed by atoms with Crippen molar-refractivity contribution in [1.29, 1.82) is 0 Å². The lowest BCUT2D eigenvalue weighted by atomic mass is 9.86. The highest BCUT2D eigenvalue weighted by molar-refractivity contribution is 6.11. The van der Waals surface area contributed by atoms with E-state index in [1.54, 1.807) is 36.6 Å². The molecule has 2 fully saturated rings. The van der Waals surface area contributed by atoms with Crippen LogP contribution in [-0.4, -0.2) is 123 Å². The first kappa shape index (κ1) is 41.1. The molecule has 0 aromatic heterocycles. The highest BCUT2D eigenvalue weighted by atomic mass is 16.7. The summed E-state index contributed by atoms with van der Waals surface area (Å²) in [6.07, 6.45) is 7.92. The molecule has 318 valence electrons. The summed E-state index contributed by atoms with van der Waals surface area (Å²) >= 11 is 0. The first-order valence-electron chi connectivity index (χ1n) is 20.8. The molecule has 6 atom stereocenters. The Morgan fingerprint density at radius 2 is 1.92 bits per heavy atom. The average Bonchev–Trinajstić information content (AvgIpc) is 4.03. The van der Waals surface area contributed by atoms with Gasteiger partial charge in [-0.25, -0.2) is 0 Å². The van der Waals surface area contributed by atoms with Crippen molar-refractivity contribution >= 4 is 34.8 Å². The zero-order chi connectivity index (χ0) is 42.6. The van der Waals surface area contributed by atoms with E-state index >= 15 is 0 Å². The highest BCUT2D eigenvalue weighted by Gasteiger charge is 2.57. The summed E-state index contributed by atoms with van der Waals surface area (Å²) in [7, 11) is 1.47. The Labute approximate surface area is 352 Å². The number of phenols is 1. The summed E-state index contributed by atoms with van der Waals surface area (Å²) in [5.41, 5.74) is 2.83. The molecule has 1 amide bonds. The summed E-state index contributed by atoms with van der Waals surface area (Å²) in [5.74, 6) is -1.04. The first-order valence-corrected chi connectivity index (χ1v) is 20.8. The number of fused-ring (bicyclic) bond motifs is 7. The van der Waals surface area contributed by atoms with Crippen LogP contribution >= 0.6 is 0 Å². The number of ketones is 1. The summed E-state index contributed by atoms with van der Waals surface area (Å²) in [6, 6.07) is 10.8. The number of nitrogens with zero attached hydrogens (tertiary/aromatic N) is 2. The van der Waals surface area contributed by atoms with E-state index in [9.17, 15) is 40.2 Å². The smallest absolute Gasteiger partial charge is 0.254 e. The van der Waals surface area contributed by atoms with Crippen LogP contribution in [0.4, 0.5) is 0 Å². The lowest BCUT2D eigenvalue weighted by Crippen LogP contribution is -2.69. The highest BCUT2D eigenvalue weighted by Crippen LogP contribution is 2.50. The summed E-state index contributed by atoms with van der Waals surface area (Å²) in [6.45, 7) is -1.40. The number of hydrogen-bond donors (Lipinski definition) is 6. The van der Waals surface area contributed by atoms with Crippen LogP contribution in [0.2, 0.25) is 0 Å². The van der Waals surface area contributed by atoms with Crippen molar-refractivity contribution in [2.75, 3.05) is 33.5 Å². The number of allylic oxidation sites excluding steroid dienone is 4. The molecule has 3 aromatic carbocycles. The molecule has 6 unspecified atom stereocenters. The molecule has 6 aliphatic rings. The maximum Gasteiger partial charge on any atom is 0.254 e. The third-order valence-electron chi connectivity index (χ3n) is 12.8. The third kappa shape index (κ3) is 7.15. The molecule has 9 rings (SSSR count). The van der Waals surface area contributed by atoms with Crippen LogP contribution in [-0.2, 0) is 16.0 Å². The molecule has 2 aliphatic carbocycles. The Balaban J connectivity index is 1.21. The molecule has 1 saturated carbocycles. The topological polar surface area (TPSA) is 208 Å². The Morgan fingerprint density at radius 3 is 2.67 bits per heavy atom. The number of benzene rings is 3. The predicted molar refractivity (Wildman–Crippen MR) is 223 cm³/mol. The number of ether oxygens (including phenoxy) is 4.